The summed E-state index contributed by atoms with van der Waals surface area (Å²) in [4.78, 5) is 11.4. The molecule has 15 heavy (non-hydrogen) atoms. The fraction of sp³-hybridized carbons (Fsp3) is 0. The lowest BCUT2D eigenvalue weighted by atomic mass is 10.3. The Balaban J connectivity index is 2.26. The molecular formula is C9H9N5O. The number of para-hydroxylation sites is 2. The smallest absolute Gasteiger partial charge is 0.232 e. The van der Waals surface area contributed by atoms with Gasteiger partial charge in [-0.1, -0.05) is 12.1 Å². The van der Waals surface area contributed by atoms with E-state index in [-0.39, 0.29) is 11.7 Å². The van der Waals surface area contributed by atoms with Crippen LogP contribution in [0, 0.1) is 0 Å². The van der Waals surface area contributed by atoms with Gasteiger partial charge in [0, 0.05) is 0 Å². The van der Waals surface area contributed by atoms with Gasteiger partial charge in [0.05, 0.1) is 5.69 Å². The first-order valence-electron chi connectivity index (χ1n) is 4.25. The predicted octanol–water partition coefficient (Wildman–Crippen LogP) is 0.903. The van der Waals surface area contributed by atoms with Gasteiger partial charge in [0.1, 0.15) is 12.1 Å². The number of hydrogen-bond acceptors (Lipinski definition) is 6. The van der Waals surface area contributed by atoms with Crippen LogP contribution in [-0.2, 0) is 0 Å². The molecule has 0 saturated heterocycles. The number of nitrogen functional groups attached to an aromatic ring is 1. The van der Waals surface area contributed by atoms with Crippen molar-refractivity contribution in [3.8, 4) is 5.75 Å². The monoisotopic (exact) mass is 203 g/mol. The number of aromatic nitrogens is 3. The molecule has 0 saturated carbocycles. The van der Waals surface area contributed by atoms with Crippen molar-refractivity contribution in [1.82, 2.24) is 15.0 Å². The number of phenolic OH excluding ortho intramolecular Hbond substituents is 1. The minimum atomic E-state index is 0.122. The average molecular weight is 203 g/mol. The third-order valence-electron chi connectivity index (χ3n) is 1.74. The highest BCUT2D eigenvalue weighted by molar-refractivity contribution is 5.61. The maximum atomic E-state index is 9.48. The van der Waals surface area contributed by atoms with E-state index in [2.05, 4.69) is 20.3 Å². The molecule has 1 heterocycles. The van der Waals surface area contributed by atoms with Gasteiger partial charge in [-0.2, -0.15) is 4.98 Å². The second kappa shape index (κ2) is 3.79. The van der Waals surface area contributed by atoms with E-state index in [0.717, 1.165) is 0 Å². The number of rotatable bonds is 2. The first-order chi connectivity index (χ1) is 7.25. The number of nitrogens with one attached hydrogen (secondary N) is 1. The predicted molar refractivity (Wildman–Crippen MR) is 55.6 cm³/mol. The SMILES string of the molecule is Nc1ncnc(Nc2ccccc2O)n1. The molecular weight excluding hydrogens is 194 g/mol. The molecule has 6 nitrogen and oxygen atoms in total. The molecule has 0 aliphatic carbocycles. The maximum absolute atomic E-state index is 9.48. The highest BCUT2D eigenvalue weighted by Gasteiger charge is 2.02. The molecule has 0 amide bonds. The van der Waals surface area contributed by atoms with Crippen LogP contribution in [0.1, 0.15) is 0 Å². The Labute approximate surface area is 85.8 Å². The van der Waals surface area contributed by atoms with Gasteiger partial charge in [-0.05, 0) is 12.1 Å². The first kappa shape index (κ1) is 9.20. The Hall–Kier alpha value is -2.37. The Kier molecular flexibility index (Phi) is 2.32. The molecule has 0 atom stereocenters. The van der Waals surface area contributed by atoms with E-state index in [1.54, 1.807) is 24.3 Å². The van der Waals surface area contributed by atoms with Crippen LogP contribution in [-0.4, -0.2) is 20.1 Å². The topological polar surface area (TPSA) is 97.0 Å². The number of aromatic hydroxyl groups is 1. The summed E-state index contributed by atoms with van der Waals surface area (Å²) in [5, 5.41) is 12.3. The summed E-state index contributed by atoms with van der Waals surface area (Å²) in [6.45, 7) is 0. The van der Waals surface area contributed by atoms with E-state index >= 15 is 0 Å². The van der Waals surface area contributed by atoms with Crippen LogP contribution in [0.3, 0.4) is 0 Å². The van der Waals surface area contributed by atoms with E-state index in [0.29, 0.717) is 11.6 Å². The third kappa shape index (κ3) is 2.11. The van der Waals surface area contributed by atoms with Crippen molar-refractivity contribution in [2.45, 2.75) is 0 Å². The zero-order chi connectivity index (χ0) is 10.7. The summed E-state index contributed by atoms with van der Waals surface area (Å²) in [5.41, 5.74) is 5.90. The fourth-order valence-electron chi connectivity index (χ4n) is 1.07. The largest absolute Gasteiger partial charge is 0.506 e. The Morgan fingerprint density at radius 3 is 2.73 bits per heavy atom. The standard InChI is InChI=1S/C9H9N5O/c10-8-11-5-12-9(14-8)13-6-3-1-2-4-7(6)15/h1-5,15H,(H3,10,11,12,13,14). The molecule has 0 aliphatic rings. The van der Waals surface area contributed by atoms with Gasteiger partial charge in [0.2, 0.25) is 11.9 Å². The molecule has 4 N–H and O–H groups in total. The molecule has 0 radical (unpaired) electrons. The Bertz CT molecular complexity index is 474. The van der Waals surface area contributed by atoms with Crippen molar-refractivity contribution in [3.63, 3.8) is 0 Å². The minimum absolute atomic E-state index is 0.122. The number of phenols is 1. The molecule has 2 rings (SSSR count). The second-order valence-corrected chi connectivity index (χ2v) is 2.81. The van der Waals surface area contributed by atoms with Crippen molar-refractivity contribution in [3.05, 3.63) is 30.6 Å². The lowest BCUT2D eigenvalue weighted by Crippen LogP contribution is -2.01. The number of anilines is 3. The van der Waals surface area contributed by atoms with Gasteiger partial charge in [-0.3, -0.25) is 0 Å². The maximum Gasteiger partial charge on any atom is 0.232 e. The van der Waals surface area contributed by atoms with Crippen LogP contribution in [0.5, 0.6) is 5.75 Å². The molecule has 0 aliphatic heterocycles. The average Bonchev–Trinajstić information content (AvgIpc) is 2.22. The van der Waals surface area contributed by atoms with E-state index < -0.39 is 0 Å². The molecule has 0 fully saturated rings. The van der Waals surface area contributed by atoms with Crippen LogP contribution in [0.25, 0.3) is 0 Å². The van der Waals surface area contributed by atoms with Crippen LogP contribution in [0.4, 0.5) is 17.6 Å². The molecule has 0 unspecified atom stereocenters. The molecule has 1 aromatic carbocycles. The Morgan fingerprint density at radius 1 is 1.20 bits per heavy atom. The lowest BCUT2D eigenvalue weighted by Gasteiger charge is -2.05. The molecule has 6 heteroatoms. The molecule has 2 aromatic rings. The highest BCUT2D eigenvalue weighted by Crippen LogP contribution is 2.23. The normalized spacial score (nSPS) is 9.87. The summed E-state index contributed by atoms with van der Waals surface area (Å²) in [5.74, 6) is 0.545. The molecule has 76 valence electrons. The van der Waals surface area contributed by atoms with Crippen LogP contribution < -0.4 is 11.1 Å². The third-order valence-corrected chi connectivity index (χ3v) is 1.74. The number of benzene rings is 1. The zero-order valence-corrected chi connectivity index (χ0v) is 7.75. The molecule has 0 spiro atoms. The zero-order valence-electron chi connectivity index (χ0n) is 7.75. The number of nitrogens with two attached hydrogens (primary N) is 1. The van der Waals surface area contributed by atoms with Gasteiger partial charge < -0.3 is 16.2 Å². The van der Waals surface area contributed by atoms with Crippen molar-refractivity contribution in [2.75, 3.05) is 11.1 Å². The van der Waals surface area contributed by atoms with Gasteiger partial charge in [-0.25, -0.2) is 9.97 Å². The molecule has 1 aromatic heterocycles. The van der Waals surface area contributed by atoms with Gasteiger partial charge in [0.25, 0.3) is 0 Å². The summed E-state index contributed by atoms with van der Waals surface area (Å²) in [7, 11) is 0. The van der Waals surface area contributed by atoms with E-state index in [9.17, 15) is 5.11 Å². The van der Waals surface area contributed by atoms with E-state index in [4.69, 9.17) is 5.73 Å². The fourth-order valence-corrected chi connectivity index (χ4v) is 1.07. The van der Waals surface area contributed by atoms with Crippen LogP contribution in [0.2, 0.25) is 0 Å². The van der Waals surface area contributed by atoms with Crippen LogP contribution in [0.15, 0.2) is 30.6 Å². The van der Waals surface area contributed by atoms with Crippen LogP contribution >= 0.6 is 0 Å². The van der Waals surface area contributed by atoms with E-state index in [1.165, 1.54) is 6.33 Å². The van der Waals surface area contributed by atoms with Gasteiger partial charge in [-0.15, -0.1) is 0 Å². The van der Waals surface area contributed by atoms with Crippen molar-refractivity contribution < 1.29 is 5.11 Å². The van der Waals surface area contributed by atoms with E-state index in [1.807, 2.05) is 0 Å². The van der Waals surface area contributed by atoms with Gasteiger partial charge >= 0.3 is 0 Å². The van der Waals surface area contributed by atoms with Crippen molar-refractivity contribution >= 4 is 17.6 Å². The van der Waals surface area contributed by atoms with Gasteiger partial charge in [0.15, 0.2) is 0 Å². The lowest BCUT2D eigenvalue weighted by molar-refractivity contribution is 0.477. The molecule has 0 bridgehead atoms. The minimum Gasteiger partial charge on any atom is -0.506 e. The first-order valence-corrected chi connectivity index (χ1v) is 4.25. The summed E-state index contributed by atoms with van der Waals surface area (Å²) in [6.07, 6.45) is 1.30. The number of hydrogen-bond donors (Lipinski definition) is 3. The summed E-state index contributed by atoms with van der Waals surface area (Å²) < 4.78 is 0. The highest BCUT2D eigenvalue weighted by atomic mass is 16.3. The second-order valence-electron chi connectivity index (χ2n) is 2.81. The quantitative estimate of drug-likeness (QED) is 0.627. The van der Waals surface area contributed by atoms with Crippen molar-refractivity contribution in [1.29, 1.82) is 0 Å². The summed E-state index contributed by atoms with van der Waals surface area (Å²) in [6, 6.07) is 6.77. The Morgan fingerprint density at radius 2 is 2.00 bits per heavy atom. The van der Waals surface area contributed by atoms with Crippen molar-refractivity contribution in [2.24, 2.45) is 0 Å². The summed E-state index contributed by atoms with van der Waals surface area (Å²) >= 11 is 0. The number of nitrogens with zero attached hydrogens (tertiary/aromatic N) is 3.